The van der Waals surface area contributed by atoms with Crippen LogP contribution in [-0.2, 0) is 0 Å². The van der Waals surface area contributed by atoms with Crippen LogP contribution < -0.4 is 16.0 Å². The number of hydrogen-bond donors (Lipinski definition) is 2. The summed E-state index contributed by atoms with van der Waals surface area (Å²) in [5.74, 6) is 5.92. The Morgan fingerprint density at radius 3 is 2.95 bits per heavy atom. The van der Waals surface area contributed by atoms with Crippen molar-refractivity contribution in [2.24, 2.45) is 5.84 Å². The van der Waals surface area contributed by atoms with Gasteiger partial charge in [-0.1, -0.05) is 12.1 Å². The van der Waals surface area contributed by atoms with Gasteiger partial charge in [0.15, 0.2) is 0 Å². The highest BCUT2D eigenvalue weighted by Crippen LogP contribution is 2.19. The lowest BCUT2D eigenvalue weighted by Crippen LogP contribution is -2.30. The Kier molecular flexibility index (Phi) is 5.03. The lowest BCUT2D eigenvalue weighted by Gasteiger charge is -2.17. The molecular weight excluding hydrogens is 257 g/mol. The van der Waals surface area contributed by atoms with Crippen LogP contribution in [0.25, 0.3) is 0 Å². The van der Waals surface area contributed by atoms with Crippen LogP contribution in [0.5, 0.6) is 5.75 Å². The number of rotatable bonds is 6. The van der Waals surface area contributed by atoms with E-state index in [-0.39, 0.29) is 11.9 Å². The van der Waals surface area contributed by atoms with Crippen LogP contribution in [0.4, 0.5) is 4.39 Å². The first-order valence-electron chi connectivity index (χ1n) is 6.45. The maximum absolute atomic E-state index is 13.6. The normalized spacial score (nSPS) is 12.2. The predicted octanol–water partition coefficient (Wildman–Crippen LogP) is 2.50. The van der Waals surface area contributed by atoms with Gasteiger partial charge in [0.1, 0.15) is 11.6 Å². The zero-order chi connectivity index (χ0) is 14.4. The van der Waals surface area contributed by atoms with E-state index in [1.165, 1.54) is 6.20 Å². The number of aryl methyl sites for hydroxylation is 1. The van der Waals surface area contributed by atoms with Gasteiger partial charge in [0.2, 0.25) is 0 Å². The number of ether oxygens (including phenoxy) is 1. The van der Waals surface area contributed by atoms with Crippen molar-refractivity contribution in [3.8, 4) is 5.75 Å². The van der Waals surface area contributed by atoms with Gasteiger partial charge in [0, 0.05) is 18.2 Å². The smallest absolute Gasteiger partial charge is 0.146 e. The van der Waals surface area contributed by atoms with E-state index in [0.717, 1.165) is 11.3 Å². The van der Waals surface area contributed by atoms with E-state index in [0.29, 0.717) is 18.6 Å². The Morgan fingerprint density at radius 2 is 2.25 bits per heavy atom. The van der Waals surface area contributed by atoms with Crippen molar-refractivity contribution in [3.05, 3.63) is 59.7 Å². The molecule has 0 aliphatic carbocycles. The zero-order valence-corrected chi connectivity index (χ0v) is 11.3. The summed E-state index contributed by atoms with van der Waals surface area (Å²) >= 11 is 0. The molecule has 0 fully saturated rings. The molecule has 0 saturated heterocycles. The summed E-state index contributed by atoms with van der Waals surface area (Å²) in [6, 6.07) is 9.10. The molecule has 1 unspecified atom stereocenters. The maximum Gasteiger partial charge on any atom is 0.146 e. The number of aromatic nitrogens is 1. The molecule has 0 aliphatic heterocycles. The number of pyridine rings is 1. The van der Waals surface area contributed by atoms with E-state index >= 15 is 0 Å². The van der Waals surface area contributed by atoms with Crippen LogP contribution in [0, 0.1) is 12.7 Å². The second-order valence-corrected chi connectivity index (χ2v) is 4.57. The number of benzene rings is 1. The van der Waals surface area contributed by atoms with Crippen LogP contribution in [-0.4, -0.2) is 11.6 Å². The van der Waals surface area contributed by atoms with Crippen LogP contribution in [0.2, 0.25) is 0 Å². The molecule has 0 aliphatic rings. The van der Waals surface area contributed by atoms with Crippen LogP contribution in [0.15, 0.2) is 42.7 Å². The van der Waals surface area contributed by atoms with Crippen molar-refractivity contribution in [3.63, 3.8) is 0 Å². The van der Waals surface area contributed by atoms with Gasteiger partial charge in [-0.05, 0) is 30.7 Å². The molecule has 5 heteroatoms. The summed E-state index contributed by atoms with van der Waals surface area (Å²) in [4.78, 5) is 3.72. The van der Waals surface area contributed by atoms with Crippen LogP contribution in [0.1, 0.15) is 23.6 Å². The summed E-state index contributed by atoms with van der Waals surface area (Å²) in [5, 5.41) is 0. The summed E-state index contributed by atoms with van der Waals surface area (Å²) < 4.78 is 19.3. The molecule has 4 nitrogen and oxygen atoms in total. The number of nitrogens with two attached hydrogens (primary N) is 1. The van der Waals surface area contributed by atoms with E-state index < -0.39 is 0 Å². The third kappa shape index (κ3) is 3.76. The average molecular weight is 275 g/mol. The molecule has 1 heterocycles. The van der Waals surface area contributed by atoms with E-state index in [1.807, 2.05) is 31.2 Å². The highest BCUT2D eigenvalue weighted by Gasteiger charge is 2.14. The third-order valence-electron chi connectivity index (χ3n) is 3.05. The number of halogens is 1. The monoisotopic (exact) mass is 275 g/mol. The minimum absolute atomic E-state index is 0.303. The minimum Gasteiger partial charge on any atom is -0.494 e. The highest BCUT2D eigenvalue weighted by molar-refractivity contribution is 5.27. The predicted molar refractivity (Wildman–Crippen MR) is 75.6 cm³/mol. The standard InChI is InChI=1S/C15H18FN3O/c1-11-3-2-4-12(9-11)20-8-6-15(19-17)13-5-7-18-10-14(13)16/h2-5,7,9-10,15,19H,6,8,17H2,1H3. The molecule has 0 radical (unpaired) electrons. The van der Waals surface area contributed by atoms with Gasteiger partial charge in [-0.3, -0.25) is 16.3 Å². The quantitative estimate of drug-likeness (QED) is 0.628. The molecule has 1 aromatic heterocycles. The number of nitrogens with zero attached hydrogens (tertiary/aromatic N) is 1. The summed E-state index contributed by atoms with van der Waals surface area (Å²) in [6.45, 7) is 2.45. The SMILES string of the molecule is Cc1cccc(OCCC(NN)c2ccncc2F)c1. The summed E-state index contributed by atoms with van der Waals surface area (Å²) in [7, 11) is 0. The second-order valence-electron chi connectivity index (χ2n) is 4.57. The second kappa shape index (κ2) is 6.98. The number of hydrazine groups is 1. The van der Waals surface area contributed by atoms with Crippen molar-refractivity contribution in [1.82, 2.24) is 10.4 Å². The van der Waals surface area contributed by atoms with Gasteiger partial charge in [0.25, 0.3) is 0 Å². The van der Waals surface area contributed by atoms with E-state index in [2.05, 4.69) is 10.4 Å². The fraction of sp³-hybridized carbons (Fsp3) is 0.267. The Morgan fingerprint density at radius 1 is 1.40 bits per heavy atom. The summed E-state index contributed by atoms with van der Waals surface area (Å²) in [6.07, 6.45) is 3.29. The van der Waals surface area contributed by atoms with Gasteiger partial charge in [0.05, 0.1) is 18.8 Å². The first-order chi connectivity index (χ1) is 9.70. The van der Waals surface area contributed by atoms with Gasteiger partial charge < -0.3 is 4.74 Å². The molecule has 0 amide bonds. The molecule has 0 bridgehead atoms. The molecule has 20 heavy (non-hydrogen) atoms. The molecule has 0 saturated carbocycles. The molecule has 1 atom stereocenters. The van der Waals surface area contributed by atoms with Crippen molar-refractivity contribution in [1.29, 1.82) is 0 Å². The molecule has 0 spiro atoms. The van der Waals surface area contributed by atoms with Crippen molar-refractivity contribution < 1.29 is 9.13 Å². The Balaban J connectivity index is 1.93. The number of hydrogen-bond acceptors (Lipinski definition) is 4. The maximum atomic E-state index is 13.6. The van der Waals surface area contributed by atoms with Gasteiger partial charge in [-0.15, -0.1) is 0 Å². The number of nitrogens with one attached hydrogen (secondary N) is 1. The minimum atomic E-state index is -0.369. The average Bonchev–Trinajstić information content (AvgIpc) is 2.45. The molecule has 106 valence electrons. The molecule has 3 N–H and O–H groups in total. The van der Waals surface area contributed by atoms with Crippen molar-refractivity contribution in [2.45, 2.75) is 19.4 Å². The van der Waals surface area contributed by atoms with Gasteiger partial charge in [-0.25, -0.2) is 4.39 Å². The van der Waals surface area contributed by atoms with Gasteiger partial charge >= 0.3 is 0 Å². The topological polar surface area (TPSA) is 60.2 Å². The van der Waals surface area contributed by atoms with Crippen LogP contribution in [0.3, 0.4) is 0 Å². The molecule has 1 aromatic carbocycles. The van der Waals surface area contributed by atoms with Crippen LogP contribution >= 0.6 is 0 Å². The Bertz CT molecular complexity index is 562. The Labute approximate surface area is 117 Å². The van der Waals surface area contributed by atoms with Crippen molar-refractivity contribution >= 4 is 0 Å². The first-order valence-corrected chi connectivity index (χ1v) is 6.45. The van der Waals surface area contributed by atoms with E-state index in [4.69, 9.17) is 10.6 Å². The summed E-state index contributed by atoms with van der Waals surface area (Å²) in [5.41, 5.74) is 4.24. The van der Waals surface area contributed by atoms with E-state index in [1.54, 1.807) is 12.3 Å². The lowest BCUT2D eigenvalue weighted by molar-refractivity contribution is 0.285. The first kappa shape index (κ1) is 14.4. The molecule has 2 aromatic rings. The third-order valence-corrected chi connectivity index (χ3v) is 3.05. The van der Waals surface area contributed by atoms with Crippen molar-refractivity contribution in [2.75, 3.05) is 6.61 Å². The fourth-order valence-corrected chi connectivity index (χ4v) is 2.00. The van der Waals surface area contributed by atoms with Gasteiger partial charge in [-0.2, -0.15) is 0 Å². The zero-order valence-electron chi connectivity index (χ0n) is 11.3. The van der Waals surface area contributed by atoms with E-state index in [9.17, 15) is 4.39 Å². The lowest BCUT2D eigenvalue weighted by atomic mass is 10.1. The Hall–Kier alpha value is -1.98. The highest BCUT2D eigenvalue weighted by atomic mass is 19.1. The fourth-order valence-electron chi connectivity index (χ4n) is 2.00. The largest absolute Gasteiger partial charge is 0.494 e. The molecule has 2 rings (SSSR count). The molecular formula is C15H18FN3O.